The number of nitrogens with one attached hydrogen (secondary N) is 1. The minimum atomic E-state index is -3.17. The molecule has 1 atom stereocenters. The van der Waals surface area contributed by atoms with Crippen molar-refractivity contribution >= 4 is 10.0 Å². The quantitative estimate of drug-likeness (QED) is 0.833. The molecule has 1 aromatic heterocycles. The van der Waals surface area contributed by atoms with E-state index >= 15 is 0 Å². The number of pyridine rings is 1. The smallest absolute Gasteiger partial charge is 0.215 e. The second-order valence-corrected chi connectivity index (χ2v) is 6.94. The Morgan fingerprint density at radius 3 is 2.90 bits per heavy atom. The average Bonchev–Trinajstić information content (AvgIpc) is 2.89. The van der Waals surface area contributed by atoms with Crippen LogP contribution in [0, 0.1) is 0 Å². The van der Waals surface area contributed by atoms with Crippen molar-refractivity contribution in [3.05, 3.63) is 23.9 Å². The fraction of sp³-hybridized carbons (Fsp3) is 0.615. The number of aromatic nitrogens is 1. The Balaban J connectivity index is 1.92. The minimum Gasteiger partial charge on any atom is -0.481 e. The third kappa shape index (κ3) is 3.68. The van der Waals surface area contributed by atoms with Gasteiger partial charge in [0.1, 0.15) is 0 Å². The van der Waals surface area contributed by atoms with Crippen molar-refractivity contribution in [3.8, 4) is 5.88 Å². The number of nitrogens with zero attached hydrogens (tertiary/aromatic N) is 2. The Morgan fingerprint density at radius 1 is 1.50 bits per heavy atom. The van der Waals surface area contributed by atoms with Crippen molar-refractivity contribution in [1.82, 2.24) is 14.6 Å². The lowest BCUT2D eigenvalue weighted by Gasteiger charge is -2.16. The summed E-state index contributed by atoms with van der Waals surface area (Å²) in [6.45, 7) is 4.33. The maximum atomic E-state index is 11.9. The van der Waals surface area contributed by atoms with Crippen LogP contribution in [0.3, 0.4) is 0 Å². The zero-order valence-corrected chi connectivity index (χ0v) is 12.7. The lowest BCUT2D eigenvalue weighted by atomic mass is 10.2. The van der Waals surface area contributed by atoms with Gasteiger partial charge in [-0.25, -0.2) is 18.1 Å². The lowest BCUT2D eigenvalue weighted by molar-refractivity contribution is 0.330. The number of methoxy groups -OCH3 is 1. The molecular weight excluding hydrogens is 278 g/mol. The maximum Gasteiger partial charge on any atom is 0.215 e. The number of hydrogen-bond donors (Lipinski definition) is 1. The summed E-state index contributed by atoms with van der Waals surface area (Å²) in [5.74, 6) is 0.586. The van der Waals surface area contributed by atoms with E-state index in [2.05, 4.69) is 14.6 Å². The monoisotopic (exact) mass is 299 g/mol. The van der Waals surface area contributed by atoms with Crippen LogP contribution in [-0.2, 0) is 16.6 Å². The van der Waals surface area contributed by atoms with E-state index in [-0.39, 0.29) is 5.25 Å². The van der Waals surface area contributed by atoms with Crippen molar-refractivity contribution in [1.29, 1.82) is 0 Å². The van der Waals surface area contributed by atoms with Crippen LogP contribution < -0.4 is 9.46 Å². The minimum absolute atomic E-state index is 0.311. The van der Waals surface area contributed by atoms with E-state index < -0.39 is 10.0 Å². The Bertz CT molecular complexity index is 530. The molecule has 0 amide bonds. The van der Waals surface area contributed by atoms with Gasteiger partial charge in [0, 0.05) is 31.9 Å². The molecule has 112 valence electrons. The summed E-state index contributed by atoms with van der Waals surface area (Å²) in [5.41, 5.74) is 1.06. The highest BCUT2D eigenvalue weighted by Gasteiger charge is 2.32. The highest BCUT2D eigenvalue weighted by molar-refractivity contribution is 7.90. The molecule has 7 heteroatoms. The van der Waals surface area contributed by atoms with Crippen molar-refractivity contribution in [2.45, 2.75) is 25.1 Å². The van der Waals surface area contributed by atoms with Crippen LogP contribution in [0.1, 0.15) is 18.9 Å². The van der Waals surface area contributed by atoms with E-state index in [0.717, 1.165) is 18.7 Å². The van der Waals surface area contributed by atoms with Gasteiger partial charge in [-0.2, -0.15) is 0 Å². The number of rotatable bonds is 6. The molecular formula is C13H21N3O3S. The van der Waals surface area contributed by atoms with Gasteiger partial charge in [-0.1, -0.05) is 13.0 Å². The molecule has 0 radical (unpaired) electrons. The fourth-order valence-electron chi connectivity index (χ4n) is 2.40. The first-order valence-electron chi connectivity index (χ1n) is 6.75. The zero-order chi connectivity index (χ0) is 14.6. The van der Waals surface area contributed by atoms with Crippen molar-refractivity contribution in [2.24, 2.45) is 0 Å². The SMILES string of the molecule is CCNS(=O)(=O)C1CCN(Cc2ccc(OC)nc2)C1. The molecule has 1 aromatic rings. The molecule has 0 aliphatic carbocycles. The predicted octanol–water partition coefficient (Wildman–Crippen LogP) is 0.604. The highest BCUT2D eigenvalue weighted by Crippen LogP contribution is 2.19. The van der Waals surface area contributed by atoms with Crippen molar-refractivity contribution in [2.75, 3.05) is 26.7 Å². The number of ether oxygens (including phenoxy) is 1. The lowest BCUT2D eigenvalue weighted by Crippen LogP contribution is -2.36. The Hall–Kier alpha value is -1.18. The van der Waals surface area contributed by atoms with E-state index in [1.807, 2.05) is 12.1 Å². The van der Waals surface area contributed by atoms with Gasteiger partial charge in [-0.3, -0.25) is 4.90 Å². The van der Waals surface area contributed by atoms with E-state index in [4.69, 9.17) is 4.74 Å². The fourth-order valence-corrected chi connectivity index (χ4v) is 3.86. The van der Waals surface area contributed by atoms with Gasteiger partial charge in [-0.15, -0.1) is 0 Å². The van der Waals surface area contributed by atoms with E-state index in [9.17, 15) is 8.42 Å². The van der Waals surface area contributed by atoms with Gasteiger partial charge >= 0.3 is 0 Å². The summed E-state index contributed by atoms with van der Waals surface area (Å²) in [6.07, 6.45) is 2.45. The molecule has 1 saturated heterocycles. The standard InChI is InChI=1S/C13H21N3O3S/c1-3-15-20(17,18)12-6-7-16(10-12)9-11-4-5-13(19-2)14-8-11/h4-5,8,12,15H,3,6-7,9-10H2,1-2H3. The van der Waals surface area contributed by atoms with Crippen LogP contribution in [0.25, 0.3) is 0 Å². The van der Waals surface area contributed by atoms with E-state index in [1.54, 1.807) is 20.2 Å². The number of hydrogen-bond acceptors (Lipinski definition) is 5. The van der Waals surface area contributed by atoms with Crippen LogP contribution in [0.2, 0.25) is 0 Å². The topological polar surface area (TPSA) is 71.5 Å². The van der Waals surface area contributed by atoms with E-state index in [1.165, 1.54) is 0 Å². The first kappa shape index (κ1) is 15.2. The van der Waals surface area contributed by atoms with Crippen LogP contribution in [0.15, 0.2) is 18.3 Å². The highest BCUT2D eigenvalue weighted by atomic mass is 32.2. The molecule has 0 aromatic carbocycles. The molecule has 0 spiro atoms. The summed E-state index contributed by atoms with van der Waals surface area (Å²) in [7, 11) is -1.59. The molecule has 1 aliphatic heterocycles. The Kier molecular flexibility index (Phi) is 4.95. The van der Waals surface area contributed by atoms with Crippen LogP contribution in [0.5, 0.6) is 5.88 Å². The molecule has 0 saturated carbocycles. The van der Waals surface area contributed by atoms with Gasteiger partial charge in [-0.05, 0) is 18.5 Å². The largest absolute Gasteiger partial charge is 0.481 e. The molecule has 1 unspecified atom stereocenters. The molecule has 2 heterocycles. The van der Waals surface area contributed by atoms with Crippen LogP contribution in [0.4, 0.5) is 0 Å². The van der Waals surface area contributed by atoms with E-state index in [0.29, 0.717) is 25.4 Å². The summed E-state index contributed by atoms with van der Waals surface area (Å²) in [4.78, 5) is 6.30. The molecule has 20 heavy (non-hydrogen) atoms. The normalized spacial score (nSPS) is 20.2. The van der Waals surface area contributed by atoms with Crippen molar-refractivity contribution < 1.29 is 13.2 Å². The average molecular weight is 299 g/mol. The first-order chi connectivity index (χ1) is 9.55. The zero-order valence-electron chi connectivity index (χ0n) is 11.9. The molecule has 2 rings (SSSR count). The van der Waals surface area contributed by atoms with Gasteiger partial charge in [0.05, 0.1) is 12.4 Å². The molecule has 1 N–H and O–H groups in total. The number of likely N-dealkylation sites (tertiary alicyclic amines) is 1. The summed E-state index contributed by atoms with van der Waals surface area (Å²) in [5, 5.41) is -0.311. The van der Waals surface area contributed by atoms with Gasteiger partial charge < -0.3 is 4.74 Å². The maximum absolute atomic E-state index is 11.9. The Labute approximate surface area is 120 Å². The van der Waals surface area contributed by atoms with Gasteiger partial charge in [0.15, 0.2) is 0 Å². The van der Waals surface area contributed by atoms with Gasteiger partial charge in [0.2, 0.25) is 15.9 Å². The molecule has 6 nitrogen and oxygen atoms in total. The molecule has 1 fully saturated rings. The molecule has 0 bridgehead atoms. The predicted molar refractivity (Wildman–Crippen MR) is 77.1 cm³/mol. The summed E-state index contributed by atoms with van der Waals surface area (Å²) in [6, 6.07) is 3.77. The third-order valence-corrected chi connectivity index (χ3v) is 5.38. The first-order valence-corrected chi connectivity index (χ1v) is 8.29. The summed E-state index contributed by atoms with van der Waals surface area (Å²) < 4.78 is 31.5. The van der Waals surface area contributed by atoms with Crippen LogP contribution >= 0.6 is 0 Å². The summed E-state index contributed by atoms with van der Waals surface area (Å²) >= 11 is 0. The van der Waals surface area contributed by atoms with Crippen LogP contribution in [-0.4, -0.2) is 50.3 Å². The number of sulfonamides is 1. The molecule has 1 aliphatic rings. The second kappa shape index (κ2) is 6.51. The van der Waals surface area contributed by atoms with Crippen molar-refractivity contribution in [3.63, 3.8) is 0 Å². The third-order valence-electron chi connectivity index (χ3n) is 3.43. The Morgan fingerprint density at radius 2 is 2.30 bits per heavy atom. The van der Waals surface area contributed by atoms with Gasteiger partial charge in [0.25, 0.3) is 0 Å². The second-order valence-electron chi connectivity index (χ2n) is 4.90.